The minimum absolute atomic E-state index is 0.273. The molecule has 0 fully saturated rings. The summed E-state index contributed by atoms with van der Waals surface area (Å²) in [6.45, 7) is -0.640. The summed E-state index contributed by atoms with van der Waals surface area (Å²) in [7, 11) is 0. The molecule has 2 nitrogen and oxygen atoms in total. The summed E-state index contributed by atoms with van der Waals surface area (Å²) < 4.78 is 37.9. The van der Waals surface area contributed by atoms with E-state index in [0.29, 0.717) is 0 Å². The number of nitrogens with zero attached hydrogens (tertiary/aromatic N) is 1. The van der Waals surface area contributed by atoms with Crippen LogP contribution in [-0.4, -0.2) is 10.1 Å². The third kappa shape index (κ3) is 1.99. The van der Waals surface area contributed by atoms with Crippen molar-refractivity contribution in [2.75, 3.05) is 0 Å². The van der Waals surface area contributed by atoms with Gasteiger partial charge in [-0.1, -0.05) is 0 Å². The predicted octanol–water partition coefficient (Wildman–Crippen LogP) is 2.39. The van der Waals surface area contributed by atoms with Gasteiger partial charge in [0.05, 0.1) is 12.5 Å². The minimum atomic E-state index is -2.82. The van der Waals surface area contributed by atoms with Crippen LogP contribution in [0, 0.1) is 5.82 Å². The molecule has 0 aliphatic rings. The summed E-state index contributed by atoms with van der Waals surface area (Å²) in [4.78, 5) is 3.36. The summed E-state index contributed by atoms with van der Waals surface area (Å²) >= 11 is 5.33. The first-order chi connectivity index (χ1) is 6.61. The fourth-order valence-electron chi connectivity index (χ4n) is 1.02. The van der Waals surface area contributed by atoms with Gasteiger partial charge in [0.2, 0.25) is 0 Å². The Balaban J connectivity index is 3.28. The Morgan fingerprint density at radius 2 is 2.14 bits per heavy atom. The van der Waals surface area contributed by atoms with E-state index in [4.69, 9.17) is 16.7 Å². The van der Waals surface area contributed by atoms with Crippen molar-refractivity contribution < 1.29 is 18.3 Å². The van der Waals surface area contributed by atoms with Crippen LogP contribution in [0.3, 0.4) is 0 Å². The highest BCUT2D eigenvalue weighted by atomic mass is 35.5. The molecule has 14 heavy (non-hydrogen) atoms. The van der Waals surface area contributed by atoms with Gasteiger partial charge in [-0.3, -0.25) is 4.98 Å². The van der Waals surface area contributed by atoms with Crippen LogP contribution in [0.2, 0.25) is 0 Å². The number of aliphatic hydroxyl groups is 1. The normalized spacial score (nSPS) is 11.0. The lowest BCUT2D eigenvalue weighted by atomic mass is 10.1. The summed E-state index contributed by atoms with van der Waals surface area (Å²) in [6, 6.07) is 0. The van der Waals surface area contributed by atoms with Crippen molar-refractivity contribution in [1.29, 1.82) is 0 Å². The quantitative estimate of drug-likeness (QED) is 0.802. The van der Waals surface area contributed by atoms with Crippen LogP contribution in [0.1, 0.15) is 23.2 Å². The lowest BCUT2D eigenvalue weighted by Gasteiger charge is -2.08. The van der Waals surface area contributed by atoms with Gasteiger partial charge in [-0.2, -0.15) is 0 Å². The number of aromatic nitrogens is 1. The maximum atomic E-state index is 13.3. The molecule has 0 radical (unpaired) electrons. The molecular weight excluding hydrogens is 219 g/mol. The summed E-state index contributed by atoms with van der Waals surface area (Å²) in [6.07, 6.45) is -1.99. The molecule has 6 heteroatoms. The molecule has 0 aromatic carbocycles. The van der Waals surface area contributed by atoms with Gasteiger partial charge in [-0.15, -0.1) is 11.6 Å². The van der Waals surface area contributed by atoms with E-state index in [1.54, 1.807) is 0 Å². The fourth-order valence-corrected chi connectivity index (χ4v) is 1.29. The second-order valence-corrected chi connectivity index (χ2v) is 2.81. The van der Waals surface area contributed by atoms with Gasteiger partial charge in [0.1, 0.15) is 5.69 Å². The lowest BCUT2D eigenvalue weighted by Crippen LogP contribution is -2.04. The standard InChI is InChI=1S/C8H7ClF3NO/c9-1-4-5(8(11)12)2-13-6(3-14)7(4)10/h2,8,14H,1,3H2. The number of alkyl halides is 3. The van der Waals surface area contributed by atoms with E-state index in [1.807, 2.05) is 0 Å². The van der Waals surface area contributed by atoms with Gasteiger partial charge < -0.3 is 5.11 Å². The van der Waals surface area contributed by atoms with Crippen LogP contribution >= 0.6 is 11.6 Å². The molecule has 0 saturated carbocycles. The van der Waals surface area contributed by atoms with Crippen molar-refractivity contribution in [3.63, 3.8) is 0 Å². The van der Waals surface area contributed by atoms with Crippen molar-refractivity contribution in [3.05, 3.63) is 28.8 Å². The number of hydrogen-bond acceptors (Lipinski definition) is 2. The third-order valence-electron chi connectivity index (χ3n) is 1.74. The minimum Gasteiger partial charge on any atom is -0.390 e. The molecule has 0 spiro atoms. The Hall–Kier alpha value is -0.810. The molecule has 1 aromatic rings. The van der Waals surface area contributed by atoms with E-state index in [2.05, 4.69) is 4.98 Å². The van der Waals surface area contributed by atoms with Crippen molar-refractivity contribution in [2.45, 2.75) is 18.9 Å². The van der Waals surface area contributed by atoms with Crippen molar-refractivity contribution in [2.24, 2.45) is 0 Å². The number of halogens is 4. The highest BCUT2D eigenvalue weighted by molar-refractivity contribution is 6.17. The van der Waals surface area contributed by atoms with E-state index in [-0.39, 0.29) is 17.1 Å². The zero-order valence-corrected chi connectivity index (χ0v) is 7.73. The zero-order valence-electron chi connectivity index (χ0n) is 6.98. The molecular formula is C8H7ClF3NO. The molecule has 1 N–H and O–H groups in total. The number of hydrogen-bond donors (Lipinski definition) is 1. The van der Waals surface area contributed by atoms with E-state index in [9.17, 15) is 13.2 Å². The molecule has 0 aliphatic heterocycles. The highest BCUT2D eigenvalue weighted by Gasteiger charge is 2.19. The fraction of sp³-hybridized carbons (Fsp3) is 0.375. The molecule has 0 atom stereocenters. The van der Waals surface area contributed by atoms with Gasteiger partial charge in [-0.25, -0.2) is 13.2 Å². The van der Waals surface area contributed by atoms with Crippen molar-refractivity contribution >= 4 is 11.6 Å². The SMILES string of the molecule is OCc1ncc(C(F)F)c(CCl)c1F. The number of pyridine rings is 1. The zero-order chi connectivity index (χ0) is 10.7. The summed E-state index contributed by atoms with van der Waals surface area (Å²) in [5, 5.41) is 8.63. The Labute approximate surface area is 83.3 Å². The monoisotopic (exact) mass is 225 g/mol. The Morgan fingerprint density at radius 3 is 2.57 bits per heavy atom. The Bertz CT molecular complexity index is 333. The van der Waals surface area contributed by atoms with Crippen LogP contribution in [0.15, 0.2) is 6.20 Å². The van der Waals surface area contributed by atoms with E-state index < -0.39 is 24.4 Å². The number of aliphatic hydroxyl groups excluding tert-OH is 1. The topological polar surface area (TPSA) is 33.1 Å². The summed E-state index contributed by atoms with van der Waals surface area (Å²) in [5.74, 6) is -1.33. The molecule has 1 rings (SSSR count). The smallest absolute Gasteiger partial charge is 0.265 e. The molecule has 0 aliphatic carbocycles. The van der Waals surface area contributed by atoms with Crippen LogP contribution in [-0.2, 0) is 12.5 Å². The lowest BCUT2D eigenvalue weighted by molar-refractivity contribution is 0.149. The third-order valence-corrected chi connectivity index (χ3v) is 2.01. The average Bonchev–Trinajstić information content (AvgIpc) is 2.17. The van der Waals surface area contributed by atoms with Gasteiger partial charge in [0.15, 0.2) is 5.82 Å². The van der Waals surface area contributed by atoms with Crippen LogP contribution < -0.4 is 0 Å². The second-order valence-electron chi connectivity index (χ2n) is 2.55. The average molecular weight is 226 g/mol. The largest absolute Gasteiger partial charge is 0.390 e. The number of rotatable bonds is 3. The van der Waals surface area contributed by atoms with Crippen LogP contribution in [0.4, 0.5) is 13.2 Å². The molecule has 78 valence electrons. The van der Waals surface area contributed by atoms with Crippen LogP contribution in [0.5, 0.6) is 0 Å². The Kier molecular flexibility index (Phi) is 3.71. The van der Waals surface area contributed by atoms with Gasteiger partial charge in [-0.05, 0) is 0 Å². The molecule has 0 saturated heterocycles. The molecule has 0 amide bonds. The maximum Gasteiger partial charge on any atom is 0.265 e. The Morgan fingerprint density at radius 1 is 1.50 bits per heavy atom. The van der Waals surface area contributed by atoms with E-state index in [0.717, 1.165) is 6.20 Å². The van der Waals surface area contributed by atoms with Crippen molar-refractivity contribution in [1.82, 2.24) is 4.98 Å². The first kappa shape index (κ1) is 11.3. The van der Waals surface area contributed by atoms with E-state index >= 15 is 0 Å². The first-order valence-corrected chi connectivity index (χ1v) is 4.26. The highest BCUT2D eigenvalue weighted by Crippen LogP contribution is 2.26. The van der Waals surface area contributed by atoms with E-state index in [1.165, 1.54) is 0 Å². The maximum absolute atomic E-state index is 13.3. The van der Waals surface area contributed by atoms with Gasteiger partial charge in [0, 0.05) is 17.3 Å². The van der Waals surface area contributed by atoms with Gasteiger partial charge in [0.25, 0.3) is 6.43 Å². The first-order valence-electron chi connectivity index (χ1n) is 3.73. The predicted molar refractivity (Wildman–Crippen MR) is 44.6 cm³/mol. The van der Waals surface area contributed by atoms with Crippen molar-refractivity contribution in [3.8, 4) is 0 Å². The summed E-state index contributed by atoms with van der Waals surface area (Å²) in [5.41, 5.74) is -1.11. The van der Waals surface area contributed by atoms with Gasteiger partial charge >= 0.3 is 0 Å². The molecule has 1 heterocycles. The molecule has 0 bridgehead atoms. The molecule has 0 unspecified atom stereocenters. The molecule has 1 aromatic heterocycles. The van der Waals surface area contributed by atoms with Crippen LogP contribution in [0.25, 0.3) is 0 Å². The second kappa shape index (κ2) is 4.61.